The molecule has 9 heteroatoms. The number of anilines is 2. The molecule has 0 radical (unpaired) electrons. The first-order chi connectivity index (χ1) is 14.5. The number of para-hydroxylation sites is 1. The minimum Gasteiger partial charge on any atom is -0.469 e. The molecule has 4 aromatic rings. The highest BCUT2D eigenvalue weighted by Gasteiger charge is 2.35. The van der Waals surface area contributed by atoms with Gasteiger partial charge in [0.1, 0.15) is 22.7 Å². The molecule has 0 aliphatic carbocycles. The predicted octanol–water partition coefficient (Wildman–Crippen LogP) is 2.85. The molecule has 1 atom stereocenters. The van der Waals surface area contributed by atoms with Crippen molar-refractivity contribution < 1.29 is 18.4 Å². The molecule has 5 rings (SSSR count). The summed E-state index contributed by atoms with van der Waals surface area (Å²) in [6, 6.07) is 11.9. The molecule has 1 aliphatic heterocycles. The maximum Gasteiger partial charge on any atom is 0.349 e. The topological polar surface area (TPSA) is 119 Å². The normalized spacial score (nSPS) is 15.6. The third-order valence-electron chi connectivity index (χ3n) is 5.08. The molecule has 0 fully saturated rings. The Morgan fingerprint density at radius 1 is 1.23 bits per heavy atom. The van der Waals surface area contributed by atoms with E-state index in [0.29, 0.717) is 28.1 Å². The Morgan fingerprint density at radius 2 is 2.07 bits per heavy atom. The summed E-state index contributed by atoms with van der Waals surface area (Å²) in [7, 11) is 1.66. The molecular weight excluding hydrogens is 388 g/mol. The van der Waals surface area contributed by atoms with Crippen molar-refractivity contribution >= 4 is 34.4 Å². The third kappa shape index (κ3) is 2.87. The fraction of sp³-hybridized carbons (Fsp3) is 0.143. The van der Waals surface area contributed by atoms with E-state index in [2.05, 4.69) is 15.7 Å². The van der Waals surface area contributed by atoms with Gasteiger partial charge >= 0.3 is 5.63 Å². The molecule has 1 aliphatic rings. The van der Waals surface area contributed by atoms with E-state index in [9.17, 15) is 14.4 Å². The van der Waals surface area contributed by atoms with Crippen molar-refractivity contribution in [3.63, 3.8) is 0 Å². The predicted molar refractivity (Wildman–Crippen MR) is 107 cm³/mol. The number of amides is 2. The van der Waals surface area contributed by atoms with Crippen LogP contribution in [0.2, 0.25) is 0 Å². The van der Waals surface area contributed by atoms with Crippen LogP contribution in [-0.2, 0) is 11.8 Å². The monoisotopic (exact) mass is 404 g/mol. The first kappa shape index (κ1) is 17.9. The molecule has 4 heterocycles. The van der Waals surface area contributed by atoms with Gasteiger partial charge in [0.15, 0.2) is 5.82 Å². The number of fused-ring (bicyclic) bond motifs is 2. The van der Waals surface area contributed by atoms with Crippen LogP contribution in [0, 0.1) is 0 Å². The van der Waals surface area contributed by atoms with Crippen LogP contribution in [0.15, 0.2) is 62.4 Å². The zero-order valence-electron chi connectivity index (χ0n) is 15.8. The van der Waals surface area contributed by atoms with Crippen molar-refractivity contribution in [3.8, 4) is 0 Å². The minimum absolute atomic E-state index is 0.137. The number of carbonyl (C=O) groups is 2. The number of aromatic nitrogens is 2. The fourth-order valence-corrected chi connectivity index (χ4v) is 3.71. The van der Waals surface area contributed by atoms with Gasteiger partial charge in [-0.15, -0.1) is 0 Å². The molecule has 30 heavy (non-hydrogen) atoms. The van der Waals surface area contributed by atoms with E-state index >= 15 is 0 Å². The van der Waals surface area contributed by atoms with Crippen LogP contribution in [0.4, 0.5) is 11.6 Å². The molecule has 1 aromatic carbocycles. The Labute approximate surface area is 169 Å². The molecule has 2 N–H and O–H groups in total. The standard InChI is InChI=1S/C21H16N4O5/c1-25-19-17(12(10-16(26)22-19)15-7-4-8-29-15)18(24-25)23-20(27)13-9-11-5-2-3-6-14(11)30-21(13)28/h2-9,12H,10H2,1H3,(H,22,26)(H,23,24,27). The Bertz CT molecular complexity index is 1350. The van der Waals surface area contributed by atoms with Gasteiger partial charge in [-0.25, -0.2) is 4.79 Å². The molecule has 1 unspecified atom stereocenters. The molecule has 0 saturated heterocycles. The average Bonchev–Trinajstić information content (AvgIpc) is 3.36. The summed E-state index contributed by atoms with van der Waals surface area (Å²) in [6.45, 7) is 0. The molecule has 150 valence electrons. The molecule has 0 spiro atoms. The lowest BCUT2D eigenvalue weighted by atomic mass is 9.91. The van der Waals surface area contributed by atoms with E-state index < -0.39 is 17.5 Å². The molecule has 0 bridgehead atoms. The lowest BCUT2D eigenvalue weighted by molar-refractivity contribution is -0.116. The molecule has 0 saturated carbocycles. The summed E-state index contributed by atoms with van der Waals surface area (Å²) in [5.74, 6) is 0.0472. The smallest absolute Gasteiger partial charge is 0.349 e. The van der Waals surface area contributed by atoms with E-state index in [1.165, 1.54) is 17.0 Å². The SMILES string of the molecule is Cn1nc(NC(=O)c2cc3ccccc3oc2=O)c2c1NC(=O)CC2c1ccco1. The largest absolute Gasteiger partial charge is 0.469 e. The average molecular weight is 404 g/mol. The maximum absolute atomic E-state index is 12.9. The van der Waals surface area contributed by atoms with Gasteiger partial charge in [-0.3, -0.25) is 14.3 Å². The first-order valence-electron chi connectivity index (χ1n) is 9.25. The van der Waals surface area contributed by atoms with Crippen molar-refractivity contribution in [2.75, 3.05) is 10.6 Å². The number of benzene rings is 1. The third-order valence-corrected chi connectivity index (χ3v) is 5.08. The number of nitrogens with one attached hydrogen (secondary N) is 2. The first-order valence-corrected chi connectivity index (χ1v) is 9.25. The maximum atomic E-state index is 12.9. The Balaban J connectivity index is 1.56. The number of hydrogen-bond acceptors (Lipinski definition) is 6. The van der Waals surface area contributed by atoms with Gasteiger partial charge in [0.2, 0.25) is 5.91 Å². The van der Waals surface area contributed by atoms with Gasteiger partial charge in [0.25, 0.3) is 5.91 Å². The number of nitrogens with zero attached hydrogens (tertiary/aromatic N) is 2. The van der Waals surface area contributed by atoms with Gasteiger partial charge in [-0.2, -0.15) is 5.10 Å². The van der Waals surface area contributed by atoms with Crippen molar-refractivity contribution in [3.05, 3.63) is 76.0 Å². The zero-order valence-corrected chi connectivity index (χ0v) is 15.8. The van der Waals surface area contributed by atoms with E-state index in [1.54, 1.807) is 43.4 Å². The Morgan fingerprint density at radius 3 is 2.87 bits per heavy atom. The van der Waals surface area contributed by atoms with Crippen molar-refractivity contribution in [1.82, 2.24) is 9.78 Å². The summed E-state index contributed by atoms with van der Waals surface area (Å²) in [6.07, 6.45) is 1.67. The molecule has 2 amide bonds. The van der Waals surface area contributed by atoms with E-state index in [-0.39, 0.29) is 23.7 Å². The highest BCUT2D eigenvalue weighted by Crippen LogP contribution is 2.41. The summed E-state index contributed by atoms with van der Waals surface area (Å²) < 4.78 is 12.2. The van der Waals surface area contributed by atoms with E-state index in [1.807, 2.05) is 0 Å². The van der Waals surface area contributed by atoms with Crippen LogP contribution in [-0.4, -0.2) is 21.6 Å². The highest BCUT2D eigenvalue weighted by atomic mass is 16.4. The number of rotatable bonds is 3. The Hall–Kier alpha value is -4.14. The van der Waals surface area contributed by atoms with E-state index in [4.69, 9.17) is 8.83 Å². The molecule has 3 aromatic heterocycles. The van der Waals surface area contributed by atoms with E-state index in [0.717, 1.165) is 0 Å². The van der Waals surface area contributed by atoms with Crippen molar-refractivity contribution in [2.24, 2.45) is 7.05 Å². The van der Waals surface area contributed by atoms with Gasteiger partial charge in [0.05, 0.1) is 17.7 Å². The number of furan rings is 1. The number of carbonyl (C=O) groups excluding carboxylic acids is 2. The second-order valence-electron chi connectivity index (χ2n) is 6.99. The summed E-state index contributed by atoms with van der Waals surface area (Å²) >= 11 is 0. The lowest BCUT2D eigenvalue weighted by Crippen LogP contribution is -2.25. The van der Waals surface area contributed by atoms with Crippen LogP contribution >= 0.6 is 0 Å². The van der Waals surface area contributed by atoms with Crippen LogP contribution in [0.25, 0.3) is 11.0 Å². The lowest BCUT2D eigenvalue weighted by Gasteiger charge is -2.22. The molecule has 9 nitrogen and oxygen atoms in total. The molecular formula is C21H16N4O5. The second-order valence-corrected chi connectivity index (χ2v) is 6.99. The van der Waals surface area contributed by atoms with Crippen LogP contribution in [0.3, 0.4) is 0 Å². The summed E-state index contributed by atoms with van der Waals surface area (Å²) in [4.78, 5) is 37.4. The number of hydrogen-bond donors (Lipinski definition) is 2. The van der Waals surface area contributed by atoms with Gasteiger partial charge in [0, 0.05) is 18.9 Å². The van der Waals surface area contributed by atoms with Crippen LogP contribution in [0.5, 0.6) is 0 Å². The van der Waals surface area contributed by atoms with Gasteiger partial charge in [-0.1, -0.05) is 18.2 Å². The second kappa shape index (κ2) is 6.73. The highest BCUT2D eigenvalue weighted by molar-refractivity contribution is 6.06. The Kier molecular flexibility index (Phi) is 4.02. The number of aryl methyl sites for hydroxylation is 1. The van der Waals surface area contributed by atoms with Crippen molar-refractivity contribution in [2.45, 2.75) is 12.3 Å². The fourth-order valence-electron chi connectivity index (χ4n) is 3.71. The minimum atomic E-state index is -0.744. The van der Waals surface area contributed by atoms with Gasteiger partial charge in [-0.05, 0) is 24.3 Å². The van der Waals surface area contributed by atoms with Crippen LogP contribution < -0.4 is 16.3 Å². The summed E-state index contributed by atoms with van der Waals surface area (Å²) in [5.41, 5.74) is 0.134. The summed E-state index contributed by atoms with van der Waals surface area (Å²) in [5, 5.41) is 10.4. The zero-order chi connectivity index (χ0) is 20.8. The van der Waals surface area contributed by atoms with Crippen LogP contribution in [0.1, 0.15) is 34.0 Å². The quantitative estimate of drug-likeness (QED) is 0.507. The van der Waals surface area contributed by atoms with Gasteiger partial charge < -0.3 is 19.5 Å². The van der Waals surface area contributed by atoms with Crippen molar-refractivity contribution in [1.29, 1.82) is 0 Å².